The van der Waals surface area contributed by atoms with Gasteiger partial charge in [0.25, 0.3) is 0 Å². The smallest absolute Gasteiger partial charge is 0.410 e. The lowest BCUT2D eigenvalue weighted by molar-refractivity contribution is 0.0145. The van der Waals surface area contributed by atoms with Gasteiger partial charge in [-0.2, -0.15) is 15.2 Å². The summed E-state index contributed by atoms with van der Waals surface area (Å²) < 4.78 is 24.3. The zero-order valence-corrected chi connectivity index (χ0v) is 30.7. The van der Waals surface area contributed by atoms with E-state index < -0.39 is 17.7 Å². The van der Waals surface area contributed by atoms with Gasteiger partial charge in [0.1, 0.15) is 23.8 Å². The fourth-order valence-corrected chi connectivity index (χ4v) is 7.89. The zero-order valence-electron chi connectivity index (χ0n) is 29.9. The molecule has 3 aromatic carbocycles. The summed E-state index contributed by atoms with van der Waals surface area (Å²) >= 11 is 6.85. The molecule has 0 bridgehead atoms. The second kappa shape index (κ2) is 14.3. The van der Waals surface area contributed by atoms with Crippen molar-refractivity contribution in [1.29, 1.82) is 5.26 Å². The van der Waals surface area contributed by atoms with Crippen molar-refractivity contribution < 1.29 is 23.7 Å². The maximum absolute atomic E-state index is 13.3. The molecule has 0 spiro atoms. The average molecular weight is 713 g/mol. The summed E-state index contributed by atoms with van der Waals surface area (Å²) in [6.45, 7) is 8.56. The number of rotatable bonds is 7. The summed E-state index contributed by atoms with van der Waals surface area (Å²) in [5, 5.41) is 13.3. The van der Waals surface area contributed by atoms with Gasteiger partial charge in [-0.15, -0.1) is 0 Å². The monoisotopic (exact) mass is 712 g/mol. The Kier molecular flexibility index (Phi) is 9.85. The van der Waals surface area contributed by atoms with Crippen LogP contribution in [-0.4, -0.2) is 103 Å². The Labute approximate surface area is 304 Å². The number of hydrogen-bond donors (Lipinski definition) is 0. The Morgan fingerprint density at radius 1 is 1.08 bits per heavy atom. The second-order valence-electron chi connectivity index (χ2n) is 14.7. The normalized spacial score (nSPS) is 21.0. The molecule has 4 aromatic rings. The second-order valence-corrected chi connectivity index (χ2v) is 15.1. The quantitative estimate of drug-likeness (QED) is 0.201. The fourth-order valence-electron chi connectivity index (χ4n) is 7.60. The summed E-state index contributed by atoms with van der Waals surface area (Å²) in [6.07, 6.45) is 2.41. The predicted octanol–water partition coefficient (Wildman–Crippen LogP) is 6.87. The van der Waals surface area contributed by atoms with Crippen LogP contribution in [0.5, 0.6) is 11.8 Å². The Balaban J connectivity index is 1.35. The van der Waals surface area contributed by atoms with E-state index >= 15 is 0 Å². The minimum atomic E-state index is -0.653. The molecule has 0 radical (unpaired) electrons. The summed E-state index contributed by atoms with van der Waals surface area (Å²) in [5.41, 5.74) is 3.15. The van der Waals surface area contributed by atoms with Gasteiger partial charge in [-0.3, -0.25) is 4.90 Å². The topological polar surface area (TPSA) is 113 Å². The number of carbonyl (C=O) groups excluding carboxylic acids is 1. The molecule has 11 nitrogen and oxygen atoms in total. The van der Waals surface area contributed by atoms with Crippen LogP contribution in [0, 0.1) is 11.3 Å². The van der Waals surface area contributed by atoms with Gasteiger partial charge in [0.05, 0.1) is 42.1 Å². The van der Waals surface area contributed by atoms with E-state index in [-0.39, 0.29) is 24.6 Å². The van der Waals surface area contributed by atoms with E-state index in [0.717, 1.165) is 64.4 Å². The third-order valence-electron chi connectivity index (χ3n) is 10.1. The molecule has 0 saturated carbocycles. The first kappa shape index (κ1) is 35.1. The molecule has 51 heavy (non-hydrogen) atoms. The van der Waals surface area contributed by atoms with Gasteiger partial charge in [-0.1, -0.05) is 41.9 Å². The molecule has 268 valence electrons. The van der Waals surface area contributed by atoms with Crippen LogP contribution in [0.3, 0.4) is 0 Å². The van der Waals surface area contributed by atoms with Crippen LogP contribution in [0.4, 0.5) is 10.6 Å². The molecule has 0 N–H and O–H groups in total. The highest BCUT2D eigenvalue weighted by Gasteiger charge is 2.36. The van der Waals surface area contributed by atoms with Crippen molar-refractivity contribution in [3.63, 3.8) is 0 Å². The highest BCUT2D eigenvalue weighted by Crippen LogP contribution is 2.46. The number of nitrogens with zero attached hydrogens (tertiary/aromatic N) is 6. The zero-order chi connectivity index (χ0) is 35.9. The highest BCUT2D eigenvalue weighted by atomic mass is 35.5. The number of fused-ring (bicyclic) bond motifs is 4. The number of likely N-dealkylation sites (N-methyl/N-ethyl adjacent to an activating group) is 1. The van der Waals surface area contributed by atoms with Crippen LogP contribution in [0.1, 0.15) is 45.6 Å². The fraction of sp³-hybridized carbons (Fsp3) is 0.487. The predicted molar refractivity (Wildman–Crippen MR) is 198 cm³/mol. The van der Waals surface area contributed by atoms with Gasteiger partial charge in [0, 0.05) is 55.3 Å². The van der Waals surface area contributed by atoms with Crippen molar-refractivity contribution in [1.82, 2.24) is 19.8 Å². The Hall–Kier alpha value is -4.37. The third-order valence-corrected chi connectivity index (χ3v) is 10.4. The number of ether oxygens (including phenoxy) is 4. The molecule has 3 aliphatic heterocycles. The minimum absolute atomic E-state index is 0.147. The molecule has 1 amide bonds. The Bertz CT molecular complexity index is 1990. The first-order valence-electron chi connectivity index (χ1n) is 17.7. The summed E-state index contributed by atoms with van der Waals surface area (Å²) in [5.74, 6) is 1.42. The van der Waals surface area contributed by atoms with Crippen LogP contribution >= 0.6 is 11.6 Å². The first-order valence-corrected chi connectivity index (χ1v) is 18.1. The van der Waals surface area contributed by atoms with Crippen LogP contribution in [-0.2, 0) is 15.9 Å². The van der Waals surface area contributed by atoms with Crippen LogP contribution in [0.2, 0.25) is 5.02 Å². The SMILES string of the molecule is CO[C@@H]1C[C@H](COc2nc(N3CCN(C(=O)OC(C)(C)C)[C@@H](CC#N)C3)c3c4c(c(-c5cccc6cccc(Cl)c56)cc3n2)CCCO4)N(C)C1. The van der Waals surface area contributed by atoms with Gasteiger partial charge in [0.2, 0.25) is 0 Å². The largest absolute Gasteiger partial charge is 0.492 e. The van der Waals surface area contributed by atoms with E-state index in [9.17, 15) is 10.1 Å². The van der Waals surface area contributed by atoms with Crippen molar-refractivity contribution in [3.8, 4) is 29.0 Å². The lowest BCUT2D eigenvalue weighted by Crippen LogP contribution is -2.56. The molecule has 4 heterocycles. The van der Waals surface area contributed by atoms with E-state index in [1.54, 1.807) is 12.0 Å². The van der Waals surface area contributed by atoms with Crippen molar-refractivity contribution in [2.24, 2.45) is 0 Å². The summed E-state index contributed by atoms with van der Waals surface area (Å²) in [7, 11) is 3.82. The van der Waals surface area contributed by atoms with Gasteiger partial charge in [-0.05, 0) is 75.7 Å². The molecule has 1 aromatic heterocycles. The van der Waals surface area contributed by atoms with Crippen molar-refractivity contribution in [2.45, 2.75) is 70.2 Å². The van der Waals surface area contributed by atoms with E-state index in [4.69, 9.17) is 40.5 Å². The maximum atomic E-state index is 13.3. The van der Waals surface area contributed by atoms with E-state index in [2.05, 4.69) is 53.2 Å². The standard InChI is InChI=1S/C39H45ClN6O5/c1-39(2,3)51-38(47)46-17-16-45(21-25(46)14-15-41)36-34-32(42-37(43-36)50-23-26-19-27(48-5)22-44(26)4)20-30(29-12-8-18-49-35(29)34)28-11-6-9-24-10-7-13-31(40)33(24)28/h6-7,9-11,13,20,25-27H,8,12,14,16-19,21-23H2,1-5H3/t25-,26+,27+/m0/s1. The van der Waals surface area contributed by atoms with Crippen molar-refractivity contribution in [2.75, 3.05) is 58.5 Å². The number of likely N-dealkylation sites (tertiary alicyclic amines) is 1. The third kappa shape index (κ3) is 7.10. The number of amides is 1. The average Bonchev–Trinajstić information content (AvgIpc) is 3.48. The number of hydrogen-bond acceptors (Lipinski definition) is 10. The van der Waals surface area contributed by atoms with Gasteiger partial charge in [-0.25, -0.2) is 4.79 Å². The minimum Gasteiger partial charge on any atom is -0.492 e. The molecular weight excluding hydrogens is 668 g/mol. The van der Waals surface area contributed by atoms with E-state index in [1.165, 1.54) is 0 Å². The highest BCUT2D eigenvalue weighted by molar-refractivity contribution is 6.36. The van der Waals surface area contributed by atoms with Gasteiger partial charge < -0.3 is 28.7 Å². The van der Waals surface area contributed by atoms with Crippen LogP contribution in [0.25, 0.3) is 32.8 Å². The van der Waals surface area contributed by atoms with Gasteiger partial charge >= 0.3 is 12.1 Å². The lowest BCUT2D eigenvalue weighted by atomic mass is 9.89. The first-order chi connectivity index (χ1) is 24.5. The summed E-state index contributed by atoms with van der Waals surface area (Å²) in [6, 6.07) is 16.6. The molecule has 7 rings (SSSR count). The molecule has 0 aliphatic carbocycles. The number of piperazine rings is 1. The van der Waals surface area contributed by atoms with E-state index in [1.807, 2.05) is 32.9 Å². The number of benzene rings is 3. The molecule has 0 unspecified atom stereocenters. The Morgan fingerprint density at radius 3 is 2.63 bits per heavy atom. The van der Waals surface area contributed by atoms with Crippen molar-refractivity contribution >= 4 is 45.2 Å². The van der Waals surface area contributed by atoms with Crippen LogP contribution < -0.4 is 14.4 Å². The van der Waals surface area contributed by atoms with E-state index in [0.29, 0.717) is 49.2 Å². The number of nitriles is 1. The molecule has 2 fully saturated rings. The number of carbonyl (C=O) groups is 1. The molecule has 3 atom stereocenters. The van der Waals surface area contributed by atoms with Crippen molar-refractivity contribution in [3.05, 3.63) is 53.1 Å². The molecule has 3 aliphatic rings. The van der Waals surface area contributed by atoms with Crippen LogP contribution in [0.15, 0.2) is 42.5 Å². The van der Waals surface area contributed by atoms with Gasteiger partial charge in [0.15, 0.2) is 0 Å². The number of aromatic nitrogens is 2. The summed E-state index contributed by atoms with van der Waals surface area (Å²) in [4.78, 5) is 29.4. The molecular formula is C39H45ClN6O5. The number of anilines is 1. The maximum Gasteiger partial charge on any atom is 0.410 e. The lowest BCUT2D eigenvalue weighted by Gasteiger charge is -2.41. The molecule has 2 saturated heterocycles. The Morgan fingerprint density at radius 2 is 1.88 bits per heavy atom. The molecule has 12 heteroatoms. The number of halogens is 1. The number of methoxy groups -OCH3 is 1.